The molecule has 0 saturated heterocycles. The molecule has 1 atom stereocenters. The van der Waals surface area contributed by atoms with E-state index in [4.69, 9.17) is 16.7 Å². The van der Waals surface area contributed by atoms with Gasteiger partial charge in [0, 0.05) is 25.0 Å². The fraction of sp³-hybridized carbons (Fsp3) is 0.263. The average Bonchev–Trinajstić information content (AvgIpc) is 2.62. The quantitative estimate of drug-likeness (QED) is 0.797. The summed E-state index contributed by atoms with van der Waals surface area (Å²) in [6.45, 7) is 1.68. The summed E-state index contributed by atoms with van der Waals surface area (Å²) in [4.78, 5) is 26.4. The minimum atomic E-state index is -0.777. The van der Waals surface area contributed by atoms with E-state index in [1.54, 1.807) is 24.3 Å². The highest BCUT2D eigenvalue weighted by Crippen LogP contribution is 2.24. The standard InChI is InChI=1S/C19H21ClN2O3/c1-14(24)22(13-15-7-9-17(20)10-8-15)18(19(25)21-11-12-23)16-5-3-2-4-6-16/h2-10,18,23H,11-13H2,1H3,(H,21,25)/t18-/m0/s1. The summed E-state index contributed by atoms with van der Waals surface area (Å²) in [7, 11) is 0. The van der Waals surface area contributed by atoms with Crippen LogP contribution in [0.1, 0.15) is 24.1 Å². The van der Waals surface area contributed by atoms with Crippen molar-refractivity contribution in [3.63, 3.8) is 0 Å². The van der Waals surface area contributed by atoms with E-state index in [1.807, 2.05) is 30.3 Å². The molecule has 0 aliphatic rings. The van der Waals surface area contributed by atoms with Gasteiger partial charge in [-0.3, -0.25) is 9.59 Å². The second-order valence-corrected chi connectivity index (χ2v) is 6.04. The number of benzene rings is 2. The average molecular weight is 361 g/mol. The summed E-state index contributed by atoms with van der Waals surface area (Å²) in [5, 5.41) is 12.2. The van der Waals surface area contributed by atoms with Crippen molar-refractivity contribution in [2.24, 2.45) is 0 Å². The molecule has 25 heavy (non-hydrogen) atoms. The number of nitrogens with zero attached hydrogens (tertiary/aromatic N) is 1. The van der Waals surface area contributed by atoms with Crippen LogP contribution in [0.3, 0.4) is 0 Å². The zero-order valence-corrected chi connectivity index (χ0v) is 14.7. The fourth-order valence-corrected chi connectivity index (χ4v) is 2.68. The zero-order valence-electron chi connectivity index (χ0n) is 14.0. The maximum atomic E-state index is 12.7. The van der Waals surface area contributed by atoms with E-state index in [1.165, 1.54) is 11.8 Å². The zero-order chi connectivity index (χ0) is 18.2. The Kier molecular flexibility index (Phi) is 6.98. The van der Waals surface area contributed by atoms with Crippen molar-refractivity contribution in [3.05, 3.63) is 70.7 Å². The monoisotopic (exact) mass is 360 g/mol. The molecular weight excluding hydrogens is 340 g/mol. The Bertz CT molecular complexity index is 704. The Morgan fingerprint density at radius 1 is 1.12 bits per heavy atom. The van der Waals surface area contributed by atoms with E-state index in [0.29, 0.717) is 10.6 Å². The molecule has 2 rings (SSSR count). The van der Waals surface area contributed by atoms with E-state index in [2.05, 4.69) is 5.32 Å². The molecule has 0 radical (unpaired) electrons. The highest BCUT2D eigenvalue weighted by molar-refractivity contribution is 6.30. The Morgan fingerprint density at radius 3 is 2.32 bits per heavy atom. The van der Waals surface area contributed by atoms with Gasteiger partial charge in [0.1, 0.15) is 6.04 Å². The second kappa shape index (κ2) is 9.20. The number of carbonyl (C=O) groups excluding carboxylic acids is 2. The van der Waals surface area contributed by atoms with Crippen LogP contribution in [0.25, 0.3) is 0 Å². The molecule has 2 aromatic rings. The largest absolute Gasteiger partial charge is 0.395 e. The fourth-order valence-electron chi connectivity index (χ4n) is 2.55. The van der Waals surface area contributed by atoms with Gasteiger partial charge < -0.3 is 15.3 Å². The highest BCUT2D eigenvalue weighted by atomic mass is 35.5. The van der Waals surface area contributed by atoms with Crippen LogP contribution in [0.2, 0.25) is 5.02 Å². The molecule has 0 bridgehead atoms. The summed E-state index contributed by atoms with van der Waals surface area (Å²) in [5.74, 6) is -0.549. The van der Waals surface area contributed by atoms with Crippen molar-refractivity contribution in [2.75, 3.05) is 13.2 Å². The molecular formula is C19H21ClN2O3. The number of halogens is 1. The first-order valence-electron chi connectivity index (χ1n) is 7.98. The Balaban J connectivity index is 2.34. The highest BCUT2D eigenvalue weighted by Gasteiger charge is 2.29. The Labute approximate surface area is 152 Å². The van der Waals surface area contributed by atoms with Gasteiger partial charge in [-0.25, -0.2) is 0 Å². The van der Waals surface area contributed by atoms with Crippen LogP contribution in [0, 0.1) is 0 Å². The molecule has 6 heteroatoms. The maximum absolute atomic E-state index is 12.7. The van der Waals surface area contributed by atoms with Gasteiger partial charge in [0.25, 0.3) is 0 Å². The molecule has 0 unspecified atom stereocenters. The van der Waals surface area contributed by atoms with E-state index >= 15 is 0 Å². The minimum Gasteiger partial charge on any atom is -0.395 e. The van der Waals surface area contributed by atoms with Gasteiger partial charge in [0.15, 0.2) is 0 Å². The van der Waals surface area contributed by atoms with Crippen LogP contribution in [0.5, 0.6) is 0 Å². The van der Waals surface area contributed by atoms with Gasteiger partial charge >= 0.3 is 0 Å². The molecule has 0 spiro atoms. The van der Waals surface area contributed by atoms with Crippen LogP contribution in [-0.2, 0) is 16.1 Å². The van der Waals surface area contributed by atoms with Crippen molar-refractivity contribution < 1.29 is 14.7 Å². The summed E-state index contributed by atoms with van der Waals surface area (Å²) in [6.07, 6.45) is 0. The number of rotatable bonds is 7. The maximum Gasteiger partial charge on any atom is 0.247 e. The number of aliphatic hydroxyl groups is 1. The van der Waals surface area contributed by atoms with E-state index < -0.39 is 6.04 Å². The molecule has 2 N–H and O–H groups in total. The van der Waals surface area contributed by atoms with Crippen LogP contribution in [0.15, 0.2) is 54.6 Å². The topological polar surface area (TPSA) is 69.6 Å². The van der Waals surface area contributed by atoms with Crippen LogP contribution in [-0.4, -0.2) is 35.0 Å². The van der Waals surface area contributed by atoms with E-state index in [0.717, 1.165) is 5.56 Å². The summed E-state index contributed by atoms with van der Waals surface area (Å²) < 4.78 is 0. The summed E-state index contributed by atoms with van der Waals surface area (Å²) in [5.41, 5.74) is 1.58. The van der Waals surface area contributed by atoms with Gasteiger partial charge in [-0.15, -0.1) is 0 Å². The molecule has 0 aliphatic carbocycles. The number of amides is 2. The predicted octanol–water partition coefficient (Wildman–Crippen LogP) is 2.54. The van der Waals surface area contributed by atoms with Crippen molar-refractivity contribution >= 4 is 23.4 Å². The normalized spacial score (nSPS) is 11.6. The number of nitrogens with one attached hydrogen (secondary N) is 1. The van der Waals surface area contributed by atoms with Gasteiger partial charge in [-0.05, 0) is 23.3 Å². The second-order valence-electron chi connectivity index (χ2n) is 5.60. The van der Waals surface area contributed by atoms with Gasteiger partial charge in [0.05, 0.1) is 6.61 Å². The van der Waals surface area contributed by atoms with E-state index in [-0.39, 0.29) is 31.5 Å². The Morgan fingerprint density at radius 2 is 1.76 bits per heavy atom. The van der Waals surface area contributed by atoms with Crippen LogP contribution in [0.4, 0.5) is 0 Å². The van der Waals surface area contributed by atoms with Gasteiger partial charge in [-0.2, -0.15) is 0 Å². The molecule has 0 fully saturated rings. The molecule has 0 aromatic heterocycles. The number of hydrogen-bond acceptors (Lipinski definition) is 3. The summed E-state index contributed by atoms with van der Waals surface area (Å²) >= 11 is 5.91. The number of hydrogen-bond donors (Lipinski definition) is 2. The minimum absolute atomic E-state index is 0.134. The van der Waals surface area contributed by atoms with Crippen molar-refractivity contribution in [1.82, 2.24) is 10.2 Å². The third-order valence-corrected chi connectivity index (χ3v) is 4.01. The lowest BCUT2D eigenvalue weighted by Gasteiger charge is -2.30. The molecule has 5 nitrogen and oxygen atoms in total. The molecule has 2 amide bonds. The molecule has 132 valence electrons. The van der Waals surface area contributed by atoms with Gasteiger partial charge in [-0.1, -0.05) is 54.1 Å². The van der Waals surface area contributed by atoms with Crippen molar-refractivity contribution in [2.45, 2.75) is 19.5 Å². The summed E-state index contributed by atoms with van der Waals surface area (Å²) in [6, 6.07) is 15.5. The lowest BCUT2D eigenvalue weighted by molar-refractivity contribution is -0.140. The van der Waals surface area contributed by atoms with Crippen LogP contribution >= 0.6 is 11.6 Å². The smallest absolute Gasteiger partial charge is 0.247 e. The predicted molar refractivity (Wildman–Crippen MR) is 97.0 cm³/mol. The van der Waals surface area contributed by atoms with E-state index in [9.17, 15) is 9.59 Å². The third kappa shape index (κ3) is 5.31. The SMILES string of the molecule is CC(=O)N(Cc1ccc(Cl)cc1)[C@H](C(=O)NCCO)c1ccccc1. The first-order valence-corrected chi connectivity index (χ1v) is 8.36. The third-order valence-electron chi connectivity index (χ3n) is 3.76. The first kappa shape index (κ1) is 19.0. The Hall–Kier alpha value is -2.37. The number of carbonyl (C=O) groups is 2. The van der Waals surface area contributed by atoms with Gasteiger partial charge in [0.2, 0.25) is 11.8 Å². The lowest BCUT2D eigenvalue weighted by Crippen LogP contribution is -2.43. The molecule has 2 aromatic carbocycles. The first-order chi connectivity index (χ1) is 12.0. The number of aliphatic hydroxyl groups excluding tert-OH is 1. The molecule has 0 saturated carbocycles. The van der Waals surface area contributed by atoms with Crippen molar-refractivity contribution in [1.29, 1.82) is 0 Å². The lowest BCUT2D eigenvalue weighted by atomic mass is 10.0. The molecule has 0 heterocycles. The van der Waals surface area contributed by atoms with Crippen LogP contribution < -0.4 is 5.32 Å². The molecule has 0 aliphatic heterocycles. The van der Waals surface area contributed by atoms with Crippen molar-refractivity contribution in [3.8, 4) is 0 Å².